The van der Waals surface area contributed by atoms with Crippen LogP contribution in [0, 0.1) is 0 Å². The number of para-hydroxylation sites is 1. The molecule has 3 aromatic rings. The fourth-order valence-corrected chi connectivity index (χ4v) is 3.71. The number of urea groups is 1. The van der Waals surface area contributed by atoms with Crippen molar-refractivity contribution in [2.24, 2.45) is 0 Å². The summed E-state index contributed by atoms with van der Waals surface area (Å²) in [5.74, 6) is 0.383. The summed E-state index contributed by atoms with van der Waals surface area (Å²) in [6.45, 7) is 1.40. The molecule has 11 heteroatoms. The zero-order valence-corrected chi connectivity index (χ0v) is 17.1. The Bertz CT molecular complexity index is 1100. The summed E-state index contributed by atoms with van der Waals surface area (Å²) in [5.41, 5.74) is -2.37. The SMILES string of the molecule is CC(NC(=O)N1CCC(F)(c2cccc(C(F)(F)F)c2)C1)c1nnnn1-c1ccccc1. The van der Waals surface area contributed by atoms with E-state index in [2.05, 4.69) is 20.8 Å². The van der Waals surface area contributed by atoms with Crippen molar-refractivity contribution in [3.8, 4) is 5.69 Å². The molecular weight excluding hydrogens is 428 g/mol. The molecule has 2 heterocycles. The molecule has 1 fully saturated rings. The van der Waals surface area contributed by atoms with Gasteiger partial charge < -0.3 is 10.2 Å². The number of nitrogens with zero attached hydrogens (tertiary/aromatic N) is 5. The van der Waals surface area contributed by atoms with Gasteiger partial charge >= 0.3 is 12.2 Å². The Balaban J connectivity index is 1.46. The number of carbonyl (C=O) groups is 1. The number of carbonyl (C=O) groups excluding carboxylic acids is 1. The molecule has 1 aliphatic heterocycles. The van der Waals surface area contributed by atoms with Gasteiger partial charge in [0, 0.05) is 13.0 Å². The molecule has 32 heavy (non-hydrogen) atoms. The number of hydrogen-bond donors (Lipinski definition) is 1. The van der Waals surface area contributed by atoms with Crippen LogP contribution >= 0.6 is 0 Å². The summed E-state index contributed by atoms with van der Waals surface area (Å²) in [4.78, 5) is 14.0. The molecule has 0 saturated carbocycles. The second-order valence-electron chi connectivity index (χ2n) is 7.67. The Morgan fingerprint density at radius 2 is 1.91 bits per heavy atom. The average Bonchev–Trinajstić information content (AvgIpc) is 3.42. The van der Waals surface area contributed by atoms with Crippen LogP contribution in [0.4, 0.5) is 22.4 Å². The third kappa shape index (κ3) is 4.27. The summed E-state index contributed by atoms with van der Waals surface area (Å²) >= 11 is 0. The molecule has 1 aliphatic rings. The van der Waals surface area contributed by atoms with Gasteiger partial charge in [0.05, 0.1) is 23.8 Å². The van der Waals surface area contributed by atoms with Crippen LogP contribution in [-0.4, -0.2) is 44.2 Å². The van der Waals surface area contributed by atoms with E-state index in [-0.39, 0.29) is 25.1 Å². The summed E-state index contributed by atoms with van der Waals surface area (Å²) in [7, 11) is 0. The maximum absolute atomic E-state index is 15.5. The second-order valence-corrected chi connectivity index (χ2v) is 7.67. The average molecular weight is 448 g/mol. The number of nitrogens with one attached hydrogen (secondary N) is 1. The molecule has 2 unspecified atom stereocenters. The van der Waals surface area contributed by atoms with Crippen LogP contribution in [0.5, 0.6) is 0 Å². The predicted molar refractivity (Wildman–Crippen MR) is 107 cm³/mol. The minimum absolute atomic E-state index is 0.0644. The van der Waals surface area contributed by atoms with E-state index in [1.807, 2.05) is 18.2 Å². The maximum Gasteiger partial charge on any atom is 0.416 e. The van der Waals surface area contributed by atoms with E-state index in [1.165, 1.54) is 21.7 Å². The van der Waals surface area contributed by atoms with Crippen LogP contribution in [0.2, 0.25) is 0 Å². The lowest BCUT2D eigenvalue weighted by atomic mass is 9.93. The Hall–Kier alpha value is -3.50. The van der Waals surface area contributed by atoms with Crippen LogP contribution in [0.3, 0.4) is 0 Å². The first-order valence-corrected chi connectivity index (χ1v) is 9.93. The Morgan fingerprint density at radius 1 is 1.16 bits per heavy atom. The molecular formula is C21H20F4N6O. The van der Waals surface area contributed by atoms with Crippen molar-refractivity contribution in [2.75, 3.05) is 13.1 Å². The van der Waals surface area contributed by atoms with E-state index in [9.17, 15) is 18.0 Å². The van der Waals surface area contributed by atoms with Gasteiger partial charge in [0.15, 0.2) is 11.5 Å². The number of hydrogen-bond acceptors (Lipinski definition) is 4. The van der Waals surface area contributed by atoms with Crippen molar-refractivity contribution >= 4 is 6.03 Å². The molecule has 1 N–H and O–H groups in total. The van der Waals surface area contributed by atoms with E-state index in [0.29, 0.717) is 11.5 Å². The van der Waals surface area contributed by atoms with E-state index in [0.717, 1.165) is 12.1 Å². The normalized spacial score (nSPS) is 19.7. The molecule has 0 spiro atoms. The predicted octanol–water partition coefficient (Wildman–Crippen LogP) is 4.02. The highest BCUT2D eigenvalue weighted by Gasteiger charge is 2.43. The molecule has 0 aliphatic carbocycles. The van der Waals surface area contributed by atoms with Gasteiger partial charge in [-0.15, -0.1) is 5.10 Å². The quantitative estimate of drug-likeness (QED) is 0.612. The third-order valence-corrected chi connectivity index (χ3v) is 5.44. The van der Waals surface area contributed by atoms with Gasteiger partial charge in [-0.25, -0.2) is 9.18 Å². The van der Waals surface area contributed by atoms with Crippen LogP contribution < -0.4 is 5.32 Å². The highest BCUT2D eigenvalue weighted by molar-refractivity contribution is 5.75. The highest BCUT2D eigenvalue weighted by atomic mass is 19.4. The third-order valence-electron chi connectivity index (χ3n) is 5.44. The molecule has 7 nitrogen and oxygen atoms in total. The largest absolute Gasteiger partial charge is 0.416 e. The molecule has 1 aromatic heterocycles. The van der Waals surface area contributed by atoms with Gasteiger partial charge in [0.25, 0.3) is 0 Å². The zero-order chi connectivity index (χ0) is 22.9. The summed E-state index contributed by atoms with van der Waals surface area (Å²) < 4.78 is 56.0. The molecule has 2 aromatic carbocycles. The Labute approximate surface area is 181 Å². The molecule has 4 rings (SSSR count). The summed E-state index contributed by atoms with van der Waals surface area (Å²) in [6.07, 6.45) is -4.67. The van der Waals surface area contributed by atoms with Gasteiger partial charge in [-0.3, -0.25) is 0 Å². The fourth-order valence-electron chi connectivity index (χ4n) is 3.71. The highest BCUT2D eigenvalue weighted by Crippen LogP contribution is 2.39. The lowest BCUT2D eigenvalue weighted by molar-refractivity contribution is -0.137. The van der Waals surface area contributed by atoms with E-state index >= 15 is 4.39 Å². The second kappa shape index (κ2) is 8.21. The van der Waals surface area contributed by atoms with Crippen LogP contribution in [0.1, 0.15) is 36.3 Å². The van der Waals surface area contributed by atoms with Crippen molar-refractivity contribution in [3.63, 3.8) is 0 Å². The van der Waals surface area contributed by atoms with Crippen molar-refractivity contribution < 1.29 is 22.4 Å². The molecule has 1 saturated heterocycles. The molecule has 168 valence electrons. The summed E-state index contributed by atoms with van der Waals surface area (Å²) in [5, 5.41) is 14.3. The van der Waals surface area contributed by atoms with Gasteiger partial charge in [-0.1, -0.05) is 30.3 Å². The molecule has 0 radical (unpaired) electrons. The number of rotatable bonds is 4. The Morgan fingerprint density at radius 3 is 2.62 bits per heavy atom. The number of benzene rings is 2. The molecule has 2 amide bonds. The van der Waals surface area contributed by atoms with Crippen LogP contribution in [0.15, 0.2) is 54.6 Å². The number of tetrazole rings is 1. The van der Waals surface area contributed by atoms with Crippen molar-refractivity contribution in [3.05, 3.63) is 71.5 Å². The number of aromatic nitrogens is 4. The van der Waals surface area contributed by atoms with Crippen molar-refractivity contribution in [1.29, 1.82) is 0 Å². The monoisotopic (exact) mass is 448 g/mol. The fraction of sp³-hybridized carbons (Fsp3) is 0.333. The van der Waals surface area contributed by atoms with Gasteiger partial charge in [0.2, 0.25) is 0 Å². The standard InChI is InChI=1S/C21H20F4N6O/c1-14(18-27-28-29-31(18)17-8-3-2-4-9-17)26-19(32)30-11-10-20(22,13-30)15-6-5-7-16(12-15)21(23,24)25/h2-9,12,14H,10-11,13H2,1H3,(H,26,32). The number of halogens is 4. The summed E-state index contributed by atoms with van der Waals surface area (Å²) in [6, 6.07) is 12.1. The minimum atomic E-state index is -4.57. The van der Waals surface area contributed by atoms with Gasteiger partial charge in [-0.2, -0.15) is 17.9 Å². The minimum Gasteiger partial charge on any atom is -0.328 e. The van der Waals surface area contributed by atoms with Crippen LogP contribution in [-0.2, 0) is 11.8 Å². The number of amides is 2. The number of alkyl halides is 4. The van der Waals surface area contributed by atoms with E-state index in [4.69, 9.17) is 0 Å². The van der Waals surface area contributed by atoms with Crippen LogP contribution in [0.25, 0.3) is 5.69 Å². The first-order valence-electron chi connectivity index (χ1n) is 9.93. The maximum atomic E-state index is 15.5. The molecule has 2 atom stereocenters. The smallest absolute Gasteiger partial charge is 0.328 e. The van der Waals surface area contributed by atoms with Gasteiger partial charge in [-0.05, 0) is 47.2 Å². The molecule has 0 bridgehead atoms. The van der Waals surface area contributed by atoms with Gasteiger partial charge in [0.1, 0.15) is 0 Å². The van der Waals surface area contributed by atoms with Crippen molar-refractivity contribution in [1.82, 2.24) is 30.4 Å². The number of likely N-dealkylation sites (tertiary alicyclic amines) is 1. The first kappa shape index (κ1) is 21.7. The zero-order valence-electron chi connectivity index (χ0n) is 17.1. The topological polar surface area (TPSA) is 75.9 Å². The Kier molecular flexibility index (Phi) is 5.57. The lowest BCUT2D eigenvalue weighted by Gasteiger charge is -2.23. The lowest BCUT2D eigenvalue weighted by Crippen LogP contribution is -2.41. The van der Waals surface area contributed by atoms with E-state index < -0.39 is 29.5 Å². The van der Waals surface area contributed by atoms with E-state index in [1.54, 1.807) is 19.1 Å². The first-order chi connectivity index (χ1) is 15.2. The van der Waals surface area contributed by atoms with Crippen molar-refractivity contribution in [2.45, 2.75) is 31.2 Å².